The van der Waals surface area contributed by atoms with Crippen molar-refractivity contribution >= 4 is 79.6 Å². The lowest BCUT2D eigenvalue weighted by atomic mass is 10.1. The minimum Gasteiger partial charge on any atom is -0.478 e. The number of hydrogen-bond acceptors (Lipinski definition) is 3. The molecule has 0 saturated heterocycles. The molecule has 5 nitrogen and oxygen atoms in total. The Morgan fingerprint density at radius 1 is 1.17 bits per heavy atom. The van der Waals surface area contributed by atoms with Gasteiger partial charge in [-0.05, 0) is 73.8 Å². The number of benzene rings is 1. The molecule has 0 unspecified atom stereocenters. The first-order valence-electron chi connectivity index (χ1n) is 4.70. The molecule has 0 aliphatic heterocycles. The van der Waals surface area contributed by atoms with Crippen LogP contribution < -0.4 is 5.32 Å². The van der Waals surface area contributed by atoms with Crippen molar-refractivity contribution < 1.29 is 19.8 Å². The van der Waals surface area contributed by atoms with Crippen molar-refractivity contribution in [3.63, 3.8) is 0 Å². The molecule has 0 atom stereocenters. The van der Waals surface area contributed by atoms with Gasteiger partial charge in [-0.3, -0.25) is 4.79 Å². The van der Waals surface area contributed by atoms with Gasteiger partial charge in [-0.15, -0.1) is 0 Å². The number of carboxylic acid groups (broad SMARTS) is 1. The van der Waals surface area contributed by atoms with Crippen molar-refractivity contribution in [2.45, 2.75) is 0 Å². The fourth-order valence-electron chi connectivity index (χ4n) is 1.25. The first-order chi connectivity index (χ1) is 8.40. The molecule has 0 fully saturated rings. The number of aromatic carboxylic acids is 1. The van der Waals surface area contributed by atoms with E-state index in [9.17, 15) is 9.59 Å². The molecule has 0 heterocycles. The van der Waals surface area contributed by atoms with Gasteiger partial charge in [0.25, 0.3) is 5.91 Å². The van der Waals surface area contributed by atoms with Crippen LogP contribution in [0.2, 0.25) is 0 Å². The van der Waals surface area contributed by atoms with Gasteiger partial charge in [-0.25, -0.2) is 4.79 Å². The lowest BCUT2D eigenvalue weighted by Crippen LogP contribution is -2.28. The summed E-state index contributed by atoms with van der Waals surface area (Å²) in [5.74, 6) is -1.44. The van der Waals surface area contributed by atoms with Crippen LogP contribution in [0.3, 0.4) is 0 Å². The summed E-state index contributed by atoms with van der Waals surface area (Å²) >= 11 is 5.79. The van der Waals surface area contributed by atoms with Gasteiger partial charge in [0.05, 0.1) is 17.7 Å². The lowest BCUT2D eigenvalue weighted by molar-refractivity contribution is 0.0694. The summed E-state index contributed by atoms with van der Waals surface area (Å²) in [6.07, 6.45) is 0. The van der Waals surface area contributed by atoms with E-state index in [0.29, 0.717) is 16.3 Å². The molecular formula is C10H8I3NO4. The molecule has 0 aliphatic carbocycles. The number of carbonyl (C=O) groups excluding carboxylic acids is 1. The maximum absolute atomic E-state index is 11.9. The van der Waals surface area contributed by atoms with Gasteiger partial charge in [0.1, 0.15) is 0 Å². The molecule has 0 saturated carbocycles. The number of carboxylic acids is 1. The molecule has 1 aromatic carbocycles. The Hall–Kier alpha value is 0.310. The van der Waals surface area contributed by atoms with Gasteiger partial charge < -0.3 is 15.5 Å². The maximum Gasteiger partial charge on any atom is 0.337 e. The molecule has 1 rings (SSSR count). The van der Waals surface area contributed by atoms with Gasteiger partial charge in [0.2, 0.25) is 0 Å². The van der Waals surface area contributed by atoms with E-state index in [1.54, 1.807) is 6.07 Å². The number of amides is 1. The number of hydrogen-bond donors (Lipinski definition) is 3. The molecule has 18 heavy (non-hydrogen) atoms. The van der Waals surface area contributed by atoms with Crippen molar-refractivity contribution in [2.24, 2.45) is 0 Å². The Kier molecular flexibility index (Phi) is 6.54. The van der Waals surface area contributed by atoms with Crippen LogP contribution in [0.15, 0.2) is 6.07 Å². The molecule has 3 N–H and O–H groups in total. The number of halogens is 3. The average Bonchev–Trinajstić information content (AvgIpc) is 2.24. The van der Waals surface area contributed by atoms with Crippen LogP contribution in [-0.2, 0) is 0 Å². The van der Waals surface area contributed by atoms with E-state index >= 15 is 0 Å². The summed E-state index contributed by atoms with van der Waals surface area (Å²) in [6.45, 7) is -0.0194. The fraction of sp³-hybridized carbons (Fsp3) is 0.200. The van der Waals surface area contributed by atoms with Crippen LogP contribution in [0.25, 0.3) is 0 Å². The molecule has 0 aromatic heterocycles. The van der Waals surface area contributed by atoms with E-state index < -0.39 is 5.97 Å². The molecule has 0 spiro atoms. The van der Waals surface area contributed by atoms with E-state index in [2.05, 4.69) is 5.32 Å². The first kappa shape index (κ1) is 16.4. The van der Waals surface area contributed by atoms with Crippen LogP contribution in [0.1, 0.15) is 20.7 Å². The van der Waals surface area contributed by atoms with Crippen molar-refractivity contribution in [3.05, 3.63) is 27.9 Å². The molecule has 0 radical (unpaired) electrons. The van der Waals surface area contributed by atoms with Crippen LogP contribution in [0.5, 0.6) is 0 Å². The van der Waals surface area contributed by atoms with Gasteiger partial charge >= 0.3 is 5.97 Å². The molecule has 0 bridgehead atoms. The highest BCUT2D eigenvalue weighted by atomic mass is 127. The second-order valence-corrected chi connectivity index (χ2v) is 6.59. The summed E-state index contributed by atoms with van der Waals surface area (Å²) in [4.78, 5) is 23.1. The zero-order valence-electron chi connectivity index (χ0n) is 8.84. The number of carbonyl (C=O) groups is 2. The average molecular weight is 587 g/mol. The molecule has 1 aromatic rings. The quantitative estimate of drug-likeness (QED) is 0.471. The first-order valence-corrected chi connectivity index (χ1v) is 7.93. The fourth-order valence-corrected chi connectivity index (χ4v) is 5.57. The van der Waals surface area contributed by atoms with E-state index in [1.807, 2.05) is 67.8 Å². The molecule has 8 heteroatoms. The molecule has 98 valence electrons. The predicted octanol–water partition coefficient (Wildman–Crippen LogP) is 1.92. The summed E-state index contributed by atoms with van der Waals surface area (Å²) in [5.41, 5.74) is 0.466. The van der Waals surface area contributed by atoms with Crippen LogP contribution in [0.4, 0.5) is 0 Å². The summed E-state index contributed by atoms with van der Waals surface area (Å²) in [5, 5.41) is 20.3. The largest absolute Gasteiger partial charge is 0.478 e. The van der Waals surface area contributed by atoms with Crippen molar-refractivity contribution in [1.29, 1.82) is 0 Å². The topological polar surface area (TPSA) is 86.6 Å². The monoisotopic (exact) mass is 587 g/mol. The summed E-state index contributed by atoms with van der Waals surface area (Å²) in [6, 6.07) is 1.65. The molecular weight excluding hydrogens is 579 g/mol. The van der Waals surface area contributed by atoms with E-state index in [-0.39, 0.29) is 24.6 Å². The smallest absolute Gasteiger partial charge is 0.337 e. The Bertz CT molecular complexity index is 504. The minimum atomic E-state index is -1.06. The van der Waals surface area contributed by atoms with E-state index in [1.165, 1.54) is 0 Å². The highest BCUT2D eigenvalue weighted by Crippen LogP contribution is 2.27. The SMILES string of the molecule is O=C(O)c1c(I)cc(I)c(C(=O)NCCO)c1I. The predicted molar refractivity (Wildman–Crippen MR) is 91.0 cm³/mol. The Labute approximate surface area is 144 Å². The van der Waals surface area contributed by atoms with Crippen LogP contribution in [-0.4, -0.2) is 35.2 Å². The van der Waals surface area contributed by atoms with E-state index in [0.717, 1.165) is 0 Å². The second kappa shape index (κ2) is 7.19. The highest BCUT2D eigenvalue weighted by molar-refractivity contribution is 14.1. The number of aliphatic hydroxyl groups excluding tert-OH is 1. The van der Waals surface area contributed by atoms with Gasteiger partial charge in [0, 0.05) is 17.3 Å². The van der Waals surface area contributed by atoms with Crippen LogP contribution >= 0.6 is 67.8 Å². The zero-order chi connectivity index (χ0) is 13.9. The molecule has 1 amide bonds. The second-order valence-electron chi connectivity index (χ2n) is 3.19. The minimum absolute atomic E-state index is 0.130. The number of nitrogens with one attached hydrogen (secondary N) is 1. The van der Waals surface area contributed by atoms with E-state index in [4.69, 9.17) is 10.2 Å². The van der Waals surface area contributed by atoms with Gasteiger partial charge in [-0.1, -0.05) is 0 Å². The third-order valence-electron chi connectivity index (χ3n) is 2.01. The zero-order valence-corrected chi connectivity index (χ0v) is 15.3. The standard InChI is InChI=1S/C10H8I3NO4/c11-4-3-5(12)7(10(17)18)8(13)6(4)9(16)14-1-2-15/h3,15H,1-2H2,(H,14,16)(H,17,18). The lowest BCUT2D eigenvalue weighted by Gasteiger charge is -2.11. The van der Waals surface area contributed by atoms with Crippen LogP contribution in [0, 0.1) is 10.7 Å². The number of rotatable bonds is 4. The highest BCUT2D eigenvalue weighted by Gasteiger charge is 2.22. The third kappa shape index (κ3) is 3.66. The molecule has 0 aliphatic rings. The van der Waals surface area contributed by atoms with Gasteiger partial charge in [0.15, 0.2) is 0 Å². The van der Waals surface area contributed by atoms with Crippen molar-refractivity contribution in [1.82, 2.24) is 5.32 Å². The summed E-state index contributed by atoms with van der Waals surface area (Å²) in [7, 11) is 0. The summed E-state index contributed by atoms with van der Waals surface area (Å²) < 4.78 is 1.68. The van der Waals surface area contributed by atoms with Crippen molar-refractivity contribution in [3.8, 4) is 0 Å². The Morgan fingerprint density at radius 2 is 1.72 bits per heavy atom. The van der Waals surface area contributed by atoms with Gasteiger partial charge in [-0.2, -0.15) is 0 Å². The van der Waals surface area contributed by atoms with Crippen molar-refractivity contribution in [2.75, 3.05) is 13.2 Å². The third-order valence-corrected chi connectivity index (χ3v) is 4.79. The Balaban J connectivity index is 3.31. The normalized spacial score (nSPS) is 10.2. The number of aliphatic hydroxyl groups is 1. The Morgan fingerprint density at radius 3 is 2.22 bits per heavy atom. The maximum atomic E-state index is 11.9.